The van der Waals surface area contributed by atoms with Crippen LogP contribution in [0.15, 0.2) is 18.2 Å². The summed E-state index contributed by atoms with van der Waals surface area (Å²) in [6.45, 7) is 1.78. The molecular weight excluding hydrogens is 386 g/mol. The lowest BCUT2D eigenvalue weighted by Crippen LogP contribution is -2.04. The van der Waals surface area contributed by atoms with Crippen molar-refractivity contribution in [2.75, 3.05) is 11.1 Å². The lowest BCUT2D eigenvalue weighted by atomic mass is 10.3. The van der Waals surface area contributed by atoms with E-state index in [1.165, 1.54) is 0 Å². The number of hydrogen-bond donors (Lipinski definition) is 2. The van der Waals surface area contributed by atoms with Crippen molar-refractivity contribution >= 4 is 63.0 Å². The summed E-state index contributed by atoms with van der Waals surface area (Å²) in [5.74, 6) is 0.493. The average Bonchev–Trinajstić information content (AvgIpc) is 2.29. The molecule has 0 unspecified atom stereocenters. The monoisotopic (exact) mass is 394 g/mol. The van der Waals surface area contributed by atoms with Crippen molar-refractivity contribution in [1.82, 2.24) is 9.97 Å². The van der Waals surface area contributed by atoms with Crippen molar-refractivity contribution in [2.45, 2.75) is 6.92 Å². The molecule has 0 amide bonds. The summed E-state index contributed by atoms with van der Waals surface area (Å²) < 4.78 is 0.965. The minimum absolute atomic E-state index is 0.160. The Hall–Kier alpha value is -0.790. The van der Waals surface area contributed by atoms with Crippen molar-refractivity contribution in [3.8, 4) is 0 Å². The second kappa shape index (κ2) is 5.46. The van der Waals surface area contributed by atoms with Gasteiger partial charge in [0.1, 0.15) is 0 Å². The molecule has 0 bridgehead atoms. The number of nitrogens with two attached hydrogens (primary N) is 1. The first kappa shape index (κ1) is 13.6. The Bertz CT molecular complexity index is 604. The predicted octanol–water partition coefficient (Wildman–Crippen LogP) is 4.02. The molecule has 18 heavy (non-hydrogen) atoms. The summed E-state index contributed by atoms with van der Waals surface area (Å²) in [4.78, 5) is 8.05. The second-order valence-corrected chi connectivity index (χ2v) is 5.53. The highest BCUT2D eigenvalue weighted by Crippen LogP contribution is 2.28. The van der Waals surface area contributed by atoms with E-state index in [0.29, 0.717) is 22.2 Å². The number of nitrogens with one attached hydrogen (secondary N) is 1. The Morgan fingerprint density at radius 2 is 2.00 bits per heavy atom. The maximum atomic E-state index is 5.90. The minimum atomic E-state index is 0.160. The van der Waals surface area contributed by atoms with Crippen molar-refractivity contribution in [1.29, 1.82) is 0 Å². The highest BCUT2D eigenvalue weighted by molar-refractivity contribution is 14.1. The van der Waals surface area contributed by atoms with Gasteiger partial charge in [0.25, 0.3) is 0 Å². The molecule has 0 aliphatic heterocycles. The van der Waals surface area contributed by atoms with Crippen LogP contribution in [0.3, 0.4) is 0 Å². The Labute approximate surface area is 128 Å². The predicted molar refractivity (Wildman–Crippen MR) is 83.6 cm³/mol. The molecule has 0 spiro atoms. The van der Waals surface area contributed by atoms with Crippen LogP contribution in [0.4, 0.5) is 17.2 Å². The largest absolute Gasteiger partial charge is 0.394 e. The number of nitrogen functional groups attached to an aromatic ring is 1. The van der Waals surface area contributed by atoms with Gasteiger partial charge in [0, 0.05) is 8.59 Å². The normalized spacial score (nSPS) is 10.4. The third-order valence-corrected chi connectivity index (χ3v) is 3.59. The van der Waals surface area contributed by atoms with Gasteiger partial charge in [-0.2, -0.15) is 4.98 Å². The number of rotatable bonds is 2. The van der Waals surface area contributed by atoms with E-state index in [9.17, 15) is 0 Å². The van der Waals surface area contributed by atoms with Crippen LogP contribution in [0.25, 0.3) is 0 Å². The van der Waals surface area contributed by atoms with E-state index in [4.69, 9.17) is 28.9 Å². The molecule has 0 aliphatic rings. The van der Waals surface area contributed by atoms with Gasteiger partial charge in [0.15, 0.2) is 5.82 Å². The number of hydrogen-bond acceptors (Lipinski definition) is 4. The van der Waals surface area contributed by atoms with E-state index < -0.39 is 0 Å². The summed E-state index contributed by atoms with van der Waals surface area (Å²) >= 11 is 13.9. The van der Waals surface area contributed by atoms with E-state index in [1.54, 1.807) is 13.0 Å². The average molecular weight is 395 g/mol. The molecule has 0 atom stereocenters. The standard InChI is InChI=1S/C11H9Cl2IN4/c1-5-9(15)10(18-11(13)16-5)17-8-3-2-6(12)4-7(8)14/h2-4H,15H2,1H3,(H,16,17,18). The van der Waals surface area contributed by atoms with Crippen molar-refractivity contribution in [3.63, 3.8) is 0 Å². The first-order valence-corrected chi connectivity index (χ1v) is 6.82. The number of anilines is 3. The Balaban J connectivity index is 2.40. The van der Waals surface area contributed by atoms with Crippen LogP contribution in [0.1, 0.15) is 5.69 Å². The molecule has 3 N–H and O–H groups in total. The highest BCUT2D eigenvalue weighted by atomic mass is 127. The molecule has 0 fully saturated rings. The van der Waals surface area contributed by atoms with Crippen LogP contribution in [-0.4, -0.2) is 9.97 Å². The summed E-state index contributed by atoms with van der Waals surface area (Å²) in [7, 11) is 0. The quantitative estimate of drug-likeness (QED) is 0.596. The van der Waals surface area contributed by atoms with Crippen LogP contribution in [-0.2, 0) is 0 Å². The zero-order valence-corrected chi connectivity index (χ0v) is 13.0. The molecule has 0 radical (unpaired) electrons. The summed E-state index contributed by atoms with van der Waals surface area (Å²) in [6.07, 6.45) is 0. The molecule has 94 valence electrons. The number of halogens is 3. The van der Waals surface area contributed by atoms with Crippen LogP contribution in [0.5, 0.6) is 0 Å². The maximum absolute atomic E-state index is 5.90. The van der Waals surface area contributed by atoms with Gasteiger partial charge in [0.2, 0.25) is 5.28 Å². The zero-order valence-electron chi connectivity index (χ0n) is 9.34. The van der Waals surface area contributed by atoms with E-state index >= 15 is 0 Å². The minimum Gasteiger partial charge on any atom is -0.394 e. The van der Waals surface area contributed by atoms with Gasteiger partial charge in [-0.3, -0.25) is 0 Å². The van der Waals surface area contributed by atoms with E-state index in [0.717, 1.165) is 9.26 Å². The zero-order chi connectivity index (χ0) is 13.3. The number of benzene rings is 1. The molecule has 1 heterocycles. The number of aryl methyl sites for hydroxylation is 1. The van der Waals surface area contributed by atoms with Crippen LogP contribution in [0, 0.1) is 10.5 Å². The fourth-order valence-corrected chi connectivity index (χ4v) is 2.58. The fourth-order valence-electron chi connectivity index (χ4n) is 1.36. The topological polar surface area (TPSA) is 63.8 Å². The first-order chi connectivity index (χ1) is 8.47. The molecule has 0 aliphatic carbocycles. The van der Waals surface area contributed by atoms with Gasteiger partial charge in [-0.25, -0.2) is 4.98 Å². The van der Waals surface area contributed by atoms with Crippen molar-refractivity contribution < 1.29 is 0 Å². The lowest BCUT2D eigenvalue weighted by molar-refractivity contribution is 1.11. The van der Waals surface area contributed by atoms with Gasteiger partial charge in [-0.1, -0.05) is 11.6 Å². The van der Waals surface area contributed by atoms with Gasteiger partial charge < -0.3 is 11.1 Å². The second-order valence-electron chi connectivity index (χ2n) is 3.59. The lowest BCUT2D eigenvalue weighted by Gasteiger charge is -2.11. The number of aromatic nitrogens is 2. The molecule has 2 rings (SSSR count). The smallest absolute Gasteiger partial charge is 0.224 e. The first-order valence-electron chi connectivity index (χ1n) is 4.99. The summed E-state index contributed by atoms with van der Waals surface area (Å²) in [5.41, 5.74) is 7.88. The molecule has 4 nitrogen and oxygen atoms in total. The molecular formula is C11H9Cl2IN4. The fraction of sp³-hybridized carbons (Fsp3) is 0.0909. The van der Waals surface area contributed by atoms with Gasteiger partial charge in [-0.15, -0.1) is 0 Å². The van der Waals surface area contributed by atoms with E-state index in [1.807, 2.05) is 12.1 Å². The van der Waals surface area contributed by atoms with Gasteiger partial charge >= 0.3 is 0 Å². The Kier molecular flexibility index (Phi) is 4.14. The molecule has 0 saturated carbocycles. The third kappa shape index (κ3) is 2.96. The molecule has 0 saturated heterocycles. The van der Waals surface area contributed by atoms with Crippen LogP contribution < -0.4 is 11.1 Å². The van der Waals surface area contributed by atoms with Crippen molar-refractivity contribution in [2.24, 2.45) is 0 Å². The number of nitrogens with zero attached hydrogens (tertiary/aromatic N) is 2. The van der Waals surface area contributed by atoms with Crippen molar-refractivity contribution in [3.05, 3.63) is 37.8 Å². The third-order valence-electron chi connectivity index (χ3n) is 2.29. The van der Waals surface area contributed by atoms with Gasteiger partial charge in [-0.05, 0) is 59.3 Å². The molecule has 1 aromatic carbocycles. The van der Waals surface area contributed by atoms with E-state index in [-0.39, 0.29) is 5.28 Å². The maximum Gasteiger partial charge on any atom is 0.224 e. The Morgan fingerprint density at radius 3 is 2.67 bits per heavy atom. The summed E-state index contributed by atoms with van der Waals surface area (Å²) in [6, 6.07) is 5.49. The van der Waals surface area contributed by atoms with Gasteiger partial charge in [0.05, 0.1) is 17.1 Å². The SMILES string of the molecule is Cc1nc(Cl)nc(Nc2ccc(Cl)cc2I)c1N. The van der Waals surface area contributed by atoms with Crippen LogP contribution >= 0.6 is 45.8 Å². The van der Waals surface area contributed by atoms with E-state index in [2.05, 4.69) is 37.9 Å². The molecule has 1 aromatic heterocycles. The van der Waals surface area contributed by atoms with Crippen LogP contribution in [0.2, 0.25) is 10.3 Å². The molecule has 7 heteroatoms. The summed E-state index contributed by atoms with van der Waals surface area (Å²) in [5, 5.41) is 3.96. The molecule has 2 aromatic rings. The Morgan fingerprint density at radius 1 is 1.28 bits per heavy atom. The highest BCUT2D eigenvalue weighted by Gasteiger charge is 2.09.